The van der Waals surface area contributed by atoms with E-state index in [0.29, 0.717) is 12.1 Å². The van der Waals surface area contributed by atoms with Crippen molar-refractivity contribution in [2.45, 2.75) is 17.5 Å². The van der Waals surface area contributed by atoms with E-state index < -0.39 is 11.9 Å². The van der Waals surface area contributed by atoms with Crippen LogP contribution in [0.25, 0.3) is 0 Å². The lowest BCUT2D eigenvalue weighted by Crippen LogP contribution is -2.37. The van der Waals surface area contributed by atoms with Gasteiger partial charge in [0.1, 0.15) is 5.82 Å². The number of rotatable bonds is 6. The molecule has 0 spiro atoms. The molecule has 4 nitrogen and oxygen atoms in total. The zero-order chi connectivity index (χ0) is 16.7. The number of urea groups is 1. The van der Waals surface area contributed by atoms with Crippen molar-refractivity contribution in [1.82, 2.24) is 10.6 Å². The summed E-state index contributed by atoms with van der Waals surface area (Å²) < 4.78 is 13.1. The summed E-state index contributed by atoms with van der Waals surface area (Å²) in [5, 5.41) is 15.2. The van der Waals surface area contributed by atoms with E-state index in [1.54, 1.807) is 17.8 Å². The number of thioether (sulfide) groups is 1. The van der Waals surface area contributed by atoms with Gasteiger partial charge in [0.05, 0.1) is 6.10 Å². The second kappa shape index (κ2) is 8.55. The molecule has 0 saturated carbocycles. The second-order valence-corrected chi connectivity index (χ2v) is 5.86. The molecule has 2 aromatic carbocycles. The number of carbonyl (C=O) groups is 1. The maximum absolute atomic E-state index is 13.1. The summed E-state index contributed by atoms with van der Waals surface area (Å²) >= 11 is 1.66. The highest BCUT2D eigenvalue weighted by atomic mass is 32.2. The third-order valence-corrected chi connectivity index (χ3v) is 4.05. The number of hydrogen-bond donors (Lipinski definition) is 3. The van der Waals surface area contributed by atoms with Crippen molar-refractivity contribution in [2.24, 2.45) is 0 Å². The SMILES string of the molecule is CSc1ccc(CNC(=O)NC[C@H](O)c2cccc(F)c2)cc1. The second-order valence-electron chi connectivity index (χ2n) is 4.98. The first kappa shape index (κ1) is 17.3. The van der Waals surface area contributed by atoms with Crippen LogP contribution in [0.1, 0.15) is 17.2 Å². The molecule has 0 aliphatic rings. The number of aliphatic hydroxyl groups excluding tert-OH is 1. The molecule has 23 heavy (non-hydrogen) atoms. The van der Waals surface area contributed by atoms with Crippen molar-refractivity contribution in [3.05, 3.63) is 65.5 Å². The lowest BCUT2D eigenvalue weighted by atomic mass is 10.1. The summed E-state index contributed by atoms with van der Waals surface area (Å²) in [7, 11) is 0. The van der Waals surface area contributed by atoms with Crippen LogP contribution in [0.15, 0.2) is 53.4 Å². The molecule has 2 rings (SSSR count). The highest BCUT2D eigenvalue weighted by molar-refractivity contribution is 7.98. The Balaban J connectivity index is 1.76. The molecule has 6 heteroatoms. The van der Waals surface area contributed by atoms with Crippen LogP contribution in [0.3, 0.4) is 0 Å². The van der Waals surface area contributed by atoms with Crippen LogP contribution in [-0.2, 0) is 6.54 Å². The van der Waals surface area contributed by atoms with Crippen LogP contribution in [0.4, 0.5) is 9.18 Å². The number of nitrogens with one attached hydrogen (secondary N) is 2. The monoisotopic (exact) mass is 334 g/mol. The smallest absolute Gasteiger partial charge is 0.315 e. The predicted octanol–water partition coefficient (Wildman–Crippen LogP) is 3.08. The van der Waals surface area contributed by atoms with Crippen molar-refractivity contribution in [3.8, 4) is 0 Å². The molecule has 0 unspecified atom stereocenters. The van der Waals surface area contributed by atoms with Gasteiger partial charge in [0.25, 0.3) is 0 Å². The van der Waals surface area contributed by atoms with Gasteiger partial charge < -0.3 is 15.7 Å². The average Bonchev–Trinajstić information content (AvgIpc) is 2.58. The van der Waals surface area contributed by atoms with E-state index in [-0.39, 0.29) is 12.6 Å². The van der Waals surface area contributed by atoms with Crippen molar-refractivity contribution >= 4 is 17.8 Å². The fourth-order valence-electron chi connectivity index (χ4n) is 2.01. The molecule has 0 fully saturated rings. The third kappa shape index (κ3) is 5.58. The van der Waals surface area contributed by atoms with Gasteiger partial charge in [-0.15, -0.1) is 11.8 Å². The molecule has 0 bridgehead atoms. The van der Waals surface area contributed by atoms with Crippen LogP contribution < -0.4 is 10.6 Å². The van der Waals surface area contributed by atoms with E-state index in [0.717, 1.165) is 10.5 Å². The first-order valence-electron chi connectivity index (χ1n) is 7.16. The van der Waals surface area contributed by atoms with E-state index >= 15 is 0 Å². The predicted molar refractivity (Wildman–Crippen MR) is 89.8 cm³/mol. The maximum atomic E-state index is 13.1. The first-order valence-corrected chi connectivity index (χ1v) is 8.39. The van der Waals surface area contributed by atoms with Crippen molar-refractivity contribution in [2.75, 3.05) is 12.8 Å². The maximum Gasteiger partial charge on any atom is 0.315 e. The van der Waals surface area contributed by atoms with Gasteiger partial charge in [0.2, 0.25) is 0 Å². The molecule has 1 atom stereocenters. The van der Waals surface area contributed by atoms with Gasteiger partial charge in [-0.3, -0.25) is 0 Å². The Morgan fingerprint density at radius 3 is 2.61 bits per heavy atom. The minimum atomic E-state index is -0.947. The summed E-state index contributed by atoms with van der Waals surface area (Å²) in [6.07, 6.45) is 1.06. The molecule has 2 amide bonds. The molecule has 0 saturated heterocycles. The van der Waals surface area contributed by atoms with Gasteiger partial charge >= 0.3 is 6.03 Å². The van der Waals surface area contributed by atoms with Crippen molar-refractivity contribution in [1.29, 1.82) is 0 Å². The molecular weight excluding hydrogens is 315 g/mol. The van der Waals surface area contributed by atoms with Gasteiger partial charge in [-0.05, 0) is 41.6 Å². The molecule has 0 heterocycles. The summed E-state index contributed by atoms with van der Waals surface area (Å²) in [4.78, 5) is 12.9. The molecule has 3 N–H and O–H groups in total. The molecule has 0 aromatic heterocycles. The Morgan fingerprint density at radius 1 is 1.22 bits per heavy atom. The Labute approximate surface area is 139 Å². The topological polar surface area (TPSA) is 61.4 Å². The zero-order valence-corrected chi connectivity index (χ0v) is 13.6. The van der Waals surface area contributed by atoms with E-state index in [1.807, 2.05) is 30.5 Å². The highest BCUT2D eigenvalue weighted by Gasteiger charge is 2.10. The lowest BCUT2D eigenvalue weighted by molar-refractivity contribution is 0.172. The van der Waals surface area contributed by atoms with Crippen LogP contribution >= 0.6 is 11.8 Å². The standard InChI is InChI=1S/C17H19FN2O2S/c1-23-15-7-5-12(6-8-15)10-19-17(22)20-11-16(21)13-3-2-4-14(18)9-13/h2-9,16,21H,10-11H2,1H3,(H2,19,20,22)/t16-/m0/s1. The first-order chi connectivity index (χ1) is 11.1. The van der Waals surface area contributed by atoms with E-state index in [2.05, 4.69) is 10.6 Å². The number of amides is 2. The van der Waals surface area contributed by atoms with Crippen LogP contribution in [0.5, 0.6) is 0 Å². The Hall–Kier alpha value is -2.05. The fourth-order valence-corrected chi connectivity index (χ4v) is 2.42. The average molecular weight is 334 g/mol. The van der Waals surface area contributed by atoms with Crippen molar-refractivity contribution in [3.63, 3.8) is 0 Å². The number of halogens is 1. The highest BCUT2D eigenvalue weighted by Crippen LogP contribution is 2.15. The van der Waals surface area contributed by atoms with Gasteiger partial charge in [0, 0.05) is 18.0 Å². The van der Waals surface area contributed by atoms with Gasteiger partial charge in [0.15, 0.2) is 0 Å². The normalized spacial score (nSPS) is 11.8. The summed E-state index contributed by atoms with van der Waals surface area (Å²) in [5.41, 5.74) is 1.42. The third-order valence-electron chi connectivity index (χ3n) is 3.30. The molecule has 0 radical (unpaired) electrons. The van der Waals surface area contributed by atoms with E-state index in [1.165, 1.54) is 18.2 Å². The lowest BCUT2D eigenvalue weighted by Gasteiger charge is -2.13. The van der Waals surface area contributed by atoms with Crippen molar-refractivity contribution < 1.29 is 14.3 Å². The zero-order valence-electron chi connectivity index (χ0n) is 12.8. The molecule has 0 aliphatic heterocycles. The summed E-state index contributed by atoms with van der Waals surface area (Å²) in [5.74, 6) is -0.417. The quantitative estimate of drug-likeness (QED) is 0.712. The Kier molecular flexibility index (Phi) is 6.43. The molecular formula is C17H19FN2O2S. The molecule has 2 aromatic rings. The minimum Gasteiger partial charge on any atom is -0.387 e. The number of aliphatic hydroxyl groups is 1. The summed E-state index contributed by atoms with van der Waals surface area (Å²) in [6.45, 7) is 0.414. The van der Waals surface area contributed by atoms with Gasteiger partial charge in [-0.2, -0.15) is 0 Å². The van der Waals surface area contributed by atoms with Crippen LogP contribution in [0, 0.1) is 5.82 Å². The number of carbonyl (C=O) groups excluding carboxylic acids is 1. The molecule has 0 aliphatic carbocycles. The largest absolute Gasteiger partial charge is 0.387 e. The van der Waals surface area contributed by atoms with Gasteiger partial charge in [-0.25, -0.2) is 9.18 Å². The van der Waals surface area contributed by atoms with E-state index in [9.17, 15) is 14.3 Å². The Bertz CT molecular complexity index is 649. The Morgan fingerprint density at radius 2 is 1.96 bits per heavy atom. The van der Waals surface area contributed by atoms with Gasteiger partial charge in [-0.1, -0.05) is 24.3 Å². The van der Waals surface area contributed by atoms with Crippen LogP contribution in [0.2, 0.25) is 0 Å². The fraction of sp³-hybridized carbons (Fsp3) is 0.235. The minimum absolute atomic E-state index is 0.0146. The van der Waals surface area contributed by atoms with E-state index in [4.69, 9.17) is 0 Å². The number of hydrogen-bond acceptors (Lipinski definition) is 3. The molecule has 122 valence electrons. The van der Waals surface area contributed by atoms with Crippen LogP contribution in [-0.4, -0.2) is 23.9 Å². The summed E-state index contributed by atoms with van der Waals surface area (Å²) in [6, 6.07) is 13.2. The number of benzene rings is 2.